The van der Waals surface area contributed by atoms with Crippen molar-refractivity contribution in [2.75, 3.05) is 11.5 Å². The van der Waals surface area contributed by atoms with Crippen LogP contribution in [-0.4, -0.2) is 0 Å². The smallest absolute Gasteiger partial charge is 0.0315 e. The second-order valence-electron chi connectivity index (χ2n) is 1.67. The van der Waals surface area contributed by atoms with Crippen LogP contribution in [0.3, 0.4) is 0 Å². The Labute approximate surface area is 79.5 Å². The van der Waals surface area contributed by atoms with Crippen molar-refractivity contribution >= 4 is 11.4 Å². The Morgan fingerprint density at radius 2 is 1.00 bits per heavy atom. The number of nitrogen functional groups attached to an aromatic ring is 2. The van der Waals surface area contributed by atoms with E-state index < -0.39 is 0 Å². The van der Waals surface area contributed by atoms with Crippen molar-refractivity contribution in [3.05, 3.63) is 24.3 Å². The van der Waals surface area contributed by atoms with Gasteiger partial charge in [0.15, 0.2) is 0 Å². The summed E-state index contributed by atoms with van der Waals surface area (Å²) in [5, 5.41) is 0. The normalized spacial score (nSPS) is 8.00. The second-order valence-corrected chi connectivity index (χ2v) is 1.67. The predicted octanol–water partition coefficient (Wildman–Crippen LogP) is 0.849. The van der Waals surface area contributed by atoms with Gasteiger partial charge < -0.3 is 11.5 Å². The van der Waals surface area contributed by atoms with Crippen molar-refractivity contribution in [2.24, 2.45) is 0 Å². The maximum atomic E-state index is 5.37. The van der Waals surface area contributed by atoms with E-state index in [4.69, 9.17) is 11.5 Å². The number of anilines is 2. The molecule has 0 spiro atoms. The molecule has 0 aliphatic carbocycles. The Morgan fingerprint density at radius 3 is 1.22 bits per heavy atom. The van der Waals surface area contributed by atoms with Crippen LogP contribution in [0, 0.1) is 0 Å². The van der Waals surface area contributed by atoms with Gasteiger partial charge >= 0.3 is 0 Å². The van der Waals surface area contributed by atoms with Crippen molar-refractivity contribution in [1.29, 1.82) is 0 Å². The summed E-state index contributed by atoms with van der Waals surface area (Å²) in [4.78, 5) is 0. The molecule has 0 unspecified atom stereocenters. The zero-order chi connectivity index (χ0) is 5.98. The summed E-state index contributed by atoms with van der Waals surface area (Å²) in [6, 6.07) is 7.09. The largest absolute Gasteiger partial charge is 0.399 e. The van der Waals surface area contributed by atoms with Crippen molar-refractivity contribution < 1.29 is 32.7 Å². The average Bonchev–Trinajstić information content (AvgIpc) is 1.77. The molecule has 9 heavy (non-hydrogen) atoms. The van der Waals surface area contributed by atoms with Gasteiger partial charge in [0.2, 0.25) is 0 Å². The molecule has 0 aliphatic rings. The zero-order valence-corrected chi connectivity index (χ0v) is 7.88. The van der Waals surface area contributed by atoms with Gasteiger partial charge in [0.05, 0.1) is 0 Å². The fourth-order valence-electron chi connectivity index (χ4n) is 0.496. The maximum absolute atomic E-state index is 5.37. The van der Waals surface area contributed by atoms with Crippen LogP contribution in [0.1, 0.15) is 0 Å². The Balaban J connectivity index is 0.000000640. The molecule has 0 heterocycles. The van der Waals surface area contributed by atoms with E-state index in [0.29, 0.717) is 0 Å². The van der Waals surface area contributed by atoms with Crippen molar-refractivity contribution in [1.82, 2.24) is 0 Å². The number of benzene rings is 1. The SMILES string of the molecule is Nc1ccc(N)cc1.[Y]. The van der Waals surface area contributed by atoms with Crippen LogP contribution in [0.5, 0.6) is 0 Å². The van der Waals surface area contributed by atoms with Crippen LogP contribution < -0.4 is 11.5 Å². The average molecular weight is 197 g/mol. The molecule has 4 N–H and O–H groups in total. The number of nitrogens with two attached hydrogens (primary N) is 2. The van der Waals surface area contributed by atoms with Gasteiger partial charge in [-0.3, -0.25) is 0 Å². The quantitative estimate of drug-likeness (QED) is 0.605. The summed E-state index contributed by atoms with van der Waals surface area (Å²) in [5.74, 6) is 0. The van der Waals surface area contributed by atoms with Crippen LogP contribution in [0.15, 0.2) is 24.3 Å². The van der Waals surface area contributed by atoms with Crippen molar-refractivity contribution in [3.63, 3.8) is 0 Å². The van der Waals surface area contributed by atoms with Crippen LogP contribution >= 0.6 is 0 Å². The van der Waals surface area contributed by atoms with E-state index in [2.05, 4.69) is 0 Å². The Kier molecular flexibility index (Phi) is 3.82. The minimum atomic E-state index is 0. The molecule has 0 saturated heterocycles. The molecular weight excluding hydrogens is 189 g/mol. The third-order valence-corrected chi connectivity index (χ3v) is 0.936. The molecule has 1 aromatic carbocycles. The summed E-state index contributed by atoms with van der Waals surface area (Å²) >= 11 is 0. The predicted molar refractivity (Wildman–Crippen MR) is 35.3 cm³/mol. The minimum absolute atomic E-state index is 0. The second kappa shape index (κ2) is 3.86. The molecule has 1 radical (unpaired) electrons. The van der Waals surface area contributed by atoms with E-state index >= 15 is 0 Å². The molecule has 2 nitrogen and oxygen atoms in total. The summed E-state index contributed by atoms with van der Waals surface area (Å²) < 4.78 is 0. The first-order valence-corrected chi connectivity index (χ1v) is 2.40. The van der Waals surface area contributed by atoms with Gasteiger partial charge in [0.25, 0.3) is 0 Å². The number of rotatable bonds is 0. The molecule has 0 saturated carbocycles. The van der Waals surface area contributed by atoms with Gasteiger partial charge in [0, 0.05) is 44.1 Å². The first-order valence-electron chi connectivity index (χ1n) is 2.40. The molecule has 0 aromatic heterocycles. The third-order valence-electron chi connectivity index (χ3n) is 0.936. The Bertz CT molecular complexity index is 150. The molecule has 0 aliphatic heterocycles. The summed E-state index contributed by atoms with van der Waals surface area (Å²) in [6.45, 7) is 0. The van der Waals surface area contributed by atoms with Crippen LogP contribution in [-0.2, 0) is 32.7 Å². The number of hydrogen-bond acceptors (Lipinski definition) is 2. The van der Waals surface area contributed by atoms with Gasteiger partial charge in [-0.1, -0.05) is 0 Å². The van der Waals surface area contributed by atoms with E-state index in [-0.39, 0.29) is 32.7 Å². The number of hydrogen-bond donors (Lipinski definition) is 2. The fraction of sp³-hybridized carbons (Fsp3) is 0. The molecule has 0 amide bonds. The van der Waals surface area contributed by atoms with Crippen molar-refractivity contribution in [3.8, 4) is 0 Å². The van der Waals surface area contributed by atoms with Gasteiger partial charge in [-0.25, -0.2) is 0 Å². The molecular formula is C6H8N2Y. The summed E-state index contributed by atoms with van der Waals surface area (Å²) in [5.41, 5.74) is 12.2. The van der Waals surface area contributed by atoms with Crippen LogP contribution in [0.4, 0.5) is 11.4 Å². The summed E-state index contributed by atoms with van der Waals surface area (Å²) in [6.07, 6.45) is 0. The monoisotopic (exact) mass is 197 g/mol. The first kappa shape index (κ1) is 8.92. The first-order chi connectivity index (χ1) is 3.79. The Hall–Kier alpha value is -0.0761. The molecule has 0 bridgehead atoms. The van der Waals surface area contributed by atoms with Crippen LogP contribution in [0.25, 0.3) is 0 Å². The summed E-state index contributed by atoms with van der Waals surface area (Å²) in [7, 11) is 0. The molecule has 0 fully saturated rings. The van der Waals surface area contributed by atoms with E-state index in [1.54, 1.807) is 24.3 Å². The van der Waals surface area contributed by atoms with Gasteiger partial charge in [-0.2, -0.15) is 0 Å². The molecule has 1 aromatic rings. The van der Waals surface area contributed by atoms with E-state index in [1.807, 2.05) is 0 Å². The van der Waals surface area contributed by atoms with E-state index in [1.165, 1.54) is 0 Å². The van der Waals surface area contributed by atoms with Gasteiger partial charge in [-0.15, -0.1) is 0 Å². The standard InChI is InChI=1S/C6H8N2.Y/c7-5-1-2-6(8)4-3-5;/h1-4H,7-8H2;. The fourth-order valence-corrected chi connectivity index (χ4v) is 0.496. The maximum Gasteiger partial charge on any atom is 0.0315 e. The minimum Gasteiger partial charge on any atom is -0.399 e. The third kappa shape index (κ3) is 2.82. The topological polar surface area (TPSA) is 52.0 Å². The van der Waals surface area contributed by atoms with Gasteiger partial charge in [-0.05, 0) is 24.3 Å². The molecule has 3 heteroatoms. The van der Waals surface area contributed by atoms with Crippen LogP contribution in [0.2, 0.25) is 0 Å². The van der Waals surface area contributed by atoms with Crippen molar-refractivity contribution in [2.45, 2.75) is 0 Å². The van der Waals surface area contributed by atoms with E-state index in [0.717, 1.165) is 11.4 Å². The molecule has 1 rings (SSSR count). The zero-order valence-electron chi connectivity index (χ0n) is 5.04. The molecule has 0 atom stereocenters. The Morgan fingerprint density at radius 1 is 0.778 bits per heavy atom. The molecule has 45 valence electrons. The van der Waals surface area contributed by atoms with E-state index in [9.17, 15) is 0 Å². The van der Waals surface area contributed by atoms with Gasteiger partial charge in [0.1, 0.15) is 0 Å².